The van der Waals surface area contributed by atoms with E-state index in [0.717, 1.165) is 31.2 Å². The number of benzene rings is 1. The summed E-state index contributed by atoms with van der Waals surface area (Å²) in [6.45, 7) is 3.98. The number of nitrogen functional groups attached to an aromatic ring is 1. The molecule has 1 atom stereocenters. The lowest BCUT2D eigenvalue weighted by Crippen LogP contribution is -1.97. The van der Waals surface area contributed by atoms with Gasteiger partial charge in [-0.1, -0.05) is 30.3 Å². The summed E-state index contributed by atoms with van der Waals surface area (Å²) >= 11 is 1.44. The van der Waals surface area contributed by atoms with Gasteiger partial charge in [0.25, 0.3) is 0 Å². The molecule has 3 rings (SSSR count). The van der Waals surface area contributed by atoms with Gasteiger partial charge in [0.15, 0.2) is 0 Å². The minimum atomic E-state index is -1.14. The van der Waals surface area contributed by atoms with Gasteiger partial charge in [-0.15, -0.1) is 11.3 Å². The van der Waals surface area contributed by atoms with Crippen LogP contribution in [0.3, 0.4) is 0 Å². The largest absolute Gasteiger partial charge is 0.396 e. The summed E-state index contributed by atoms with van der Waals surface area (Å²) in [4.78, 5) is 5.39. The number of thiophene rings is 1. The van der Waals surface area contributed by atoms with Gasteiger partial charge in [0, 0.05) is 11.1 Å². The smallest absolute Gasteiger partial charge is 0.127 e. The van der Waals surface area contributed by atoms with Gasteiger partial charge in [-0.2, -0.15) is 0 Å². The number of fused-ring (bicyclic) bond motifs is 1. The van der Waals surface area contributed by atoms with Crippen molar-refractivity contribution in [3.8, 4) is 0 Å². The Kier molecular flexibility index (Phi) is 3.78. The molecule has 2 aromatic heterocycles. The Morgan fingerprint density at radius 1 is 1.24 bits per heavy atom. The first-order valence-electron chi connectivity index (χ1n) is 6.65. The van der Waals surface area contributed by atoms with Gasteiger partial charge in [-0.3, -0.25) is 4.21 Å². The number of anilines is 1. The molecule has 1 aromatic carbocycles. The van der Waals surface area contributed by atoms with Crippen molar-refractivity contribution in [3.05, 3.63) is 53.2 Å². The Hall–Kier alpha value is -1.72. The number of hydrogen-bond acceptors (Lipinski definition) is 4. The SMILES string of the molecule is Cc1cc(C)c2c(N)c([S@](=O)Cc3ccccc3)sc2n1. The molecule has 0 radical (unpaired) electrons. The van der Waals surface area contributed by atoms with E-state index in [1.807, 2.05) is 50.2 Å². The van der Waals surface area contributed by atoms with Crippen molar-refractivity contribution in [1.82, 2.24) is 4.98 Å². The molecule has 0 fully saturated rings. The second kappa shape index (κ2) is 5.58. The number of nitrogens with two attached hydrogens (primary N) is 1. The van der Waals surface area contributed by atoms with Gasteiger partial charge in [-0.25, -0.2) is 4.98 Å². The van der Waals surface area contributed by atoms with Crippen molar-refractivity contribution in [3.63, 3.8) is 0 Å². The quantitative estimate of drug-likeness (QED) is 0.799. The first-order valence-corrected chi connectivity index (χ1v) is 8.78. The third-order valence-corrected chi connectivity index (χ3v) is 6.27. The zero-order valence-corrected chi connectivity index (χ0v) is 13.6. The molecule has 3 aromatic rings. The van der Waals surface area contributed by atoms with Crippen molar-refractivity contribution >= 4 is 38.0 Å². The molecule has 0 unspecified atom stereocenters. The average molecular weight is 316 g/mol. The molecule has 0 saturated heterocycles. The Morgan fingerprint density at radius 3 is 2.67 bits per heavy atom. The van der Waals surface area contributed by atoms with Crippen LogP contribution in [0.5, 0.6) is 0 Å². The van der Waals surface area contributed by atoms with Crippen LogP contribution in [-0.4, -0.2) is 9.19 Å². The number of nitrogens with zero attached hydrogens (tertiary/aromatic N) is 1. The van der Waals surface area contributed by atoms with Crippen molar-refractivity contribution in [2.45, 2.75) is 23.8 Å². The van der Waals surface area contributed by atoms with Crippen molar-refractivity contribution in [1.29, 1.82) is 0 Å². The Morgan fingerprint density at radius 2 is 1.95 bits per heavy atom. The van der Waals surface area contributed by atoms with E-state index in [2.05, 4.69) is 4.98 Å². The number of hydrogen-bond donors (Lipinski definition) is 1. The minimum Gasteiger partial charge on any atom is -0.396 e. The van der Waals surface area contributed by atoms with E-state index >= 15 is 0 Å². The highest BCUT2D eigenvalue weighted by Gasteiger charge is 2.18. The van der Waals surface area contributed by atoms with Gasteiger partial charge in [-0.05, 0) is 31.0 Å². The Bertz CT molecular complexity index is 825. The fraction of sp³-hybridized carbons (Fsp3) is 0.188. The summed E-state index contributed by atoms with van der Waals surface area (Å²) in [7, 11) is -1.14. The molecular weight excluding hydrogens is 300 g/mol. The van der Waals surface area contributed by atoms with Crippen LogP contribution in [0.15, 0.2) is 40.6 Å². The average Bonchev–Trinajstić information content (AvgIpc) is 2.77. The highest BCUT2D eigenvalue weighted by molar-refractivity contribution is 7.87. The fourth-order valence-corrected chi connectivity index (χ4v) is 5.12. The molecule has 2 heterocycles. The van der Waals surface area contributed by atoms with Gasteiger partial charge in [0.2, 0.25) is 0 Å². The van der Waals surface area contributed by atoms with Gasteiger partial charge in [0.05, 0.1) is 22.2 Å². The first kappa shape index (κ1) is 14.2. The zero-order chi connectivity index (χ0) is 15.0. The van der Waals surface area contributed by atoms with Crippen LogP contribution in [0.2, 0.25) is 0 Å². The maximum Gasteiger partial charge on any atom is 0.127 e. The van der Waals surface area contributed by atoms with E-state index in [0.29, 0.717) is 11.4 Å². The molecule has 0 saturated carbocycles. The highest BCUT2D eigenvalue weighted by atomic mass is 32.2. The van der Waals surface area contributed by atoms with Crippen LogP contribution in [0.4, 0.5) is 5.69 Å². The second-order valence-electron chi connectivity index (χ2n) is 5.04. The molecule has 0 spiro atoms. The lowest BCUT2D eigenvalue weighted by atomic mass is 10.2. The van der Waals surface area contributed by atoms with E-state index in [1.165, 1.54) is 11.3 Å². The first-order chi connectivity index (χ1) is 10.1. The van der Waals surface area contributed by atoms with E-state index in [9.17, 15) is 4.21 Å². The van der Waals surface area contributed by atoms with Crippen molar-refractivity contribution < 1.29 is 4.21 Å². The minimum absolute atomic E-state index is 0.482. The van der Waals surface area contributed by atoms with Crippen LogP contribution in [0.25, 0.3) is 10.2 Å². The van der Waals surface area contributed by atoms with Crippen LogP contribution in [0, 0.1) is 13.8 Å². The molecule has 21 heavy (non-hydrogen) atoms. The van der Waals surface area contributed by atoms with Crippen LogP contribution < -0.4 is 5.73 Å². The summed E-state index contributed by atoms with van der Waals surface area (Å²) in [6, 6.07) is 11.8. The molecule has 108 valence electrons. The summed E-state index contributed by atoms with van der Waals surface area (Å²) in [5, 5.41) is 0.946. The predicted octanol–water partition coefficient (Wildman–Crippen LogP) is 3.80. The van der Waals surface area contributed by atoms with Gasteiger partial charge >= 0.3 is 0 Å². The molecule has 3 nitrogen and oxygen atoms in total. The maximum atomic E-state index is 12.6. The maximum absolute atomic E-state index is 12.6. The third kappa shape index (κ3) is 2.71. The normalized spacial score (nSPS) is 12.7. The summed E-state index contributed by atoms with van der Waals surface area (Å²) in [5.74, 6) is 0.482. The van der Waals surface area contributed by atoms with Crippen molar-refractivity contribution in [2.24, 2.45) is 0 Å². The summed E-state index contributed by atoms with van der Waals surface area (Å²) in [6.07, 6.45) is 0. The van der Waals surface area contributed by atoms with Crippen LogP contribution >= 0.6 is 11.3 Å². The molecule has 0 bridgehead atoms. The van der Waals surface area contributed by atoms with Crippen LogP contribution in [0.1, 0.15) is 16.8 Å². The lowest BCUT2D eigenvalue weighted by Gasteiger charge is -2.02. The lowest BCUT2D eigenvalue weighted by molar-refractivity contribution is 0.684. The molecule has 2 N–H and O–H groups in total. The Balaban J connectivity index is 2.03. The van der Waals surface area contributed by atoms with E-state index in [4.69, 9.17) is 5.73 Å². The predicted molar refractivity (Wildman–Crippen MR) is 90.1 cm³/mol. The summed E-state index contributed by atoms with van der Waals surface area (Å²) < 4.78 is 13.3. The molecule has 0 amide bonds. The number of pyridine rings is 1. The zero-order valence-electron chi connectivity index (χ0n) is 11.9. The highest BCUT2D eigenvalue weighted by Crippen LogP contribution is 2.37. The molecular formula is C16H16N2OS2. The van der Waals surface area contributed by atoms with Gasteiger partial charge in [0.1, 0.15) is 9.04 Å². The fourth-order valence-electron chi connectivity index (χ4n) is 2.41. The van der Waals surface area contributed by atoms with E-state index < -0.39 is 10.8 Å². The second-order valence-corrected chi connectivity index (χ2v) is 7.68. The molecule has 5 heteroatoms. The van der Waals surface area contributed by atoms with E-state index in [-0.39, 0.29) is 0 Å². The summed E-state index contributed by atoms with van der Waals surface area (Å²) in [5.41, 5.74) is 9.94. The van der Waals surface area contributed by atoms with Gasteiger partial charge < -0.3 is 5.73 Å². The third-order valence-electron chi connectivity index (χ3n) is 3.34. The topological polar surface area (TPSA) is 56.0 Å². The van der Waals surface area contributed by atoms with Crippen molar-refractivity contribution in [2.75, 3.05) is 5.73 Å². The molecule has 0 aliphatic carbocycles. The van der Waals surface area contributed by atoms with Crippen LogP contribution in [-0.2, 0) is 16.6 Å². The molecule has 0 aliphatic rings. The number of rotatable bonds is 3. The Labute approximate surface area is 130 Å². The monoisotopic (exact) mass is 316 g/mol. The number of aryl methyl sites for hydroxylation is 2. The number of aromatic nitrogens is 1. The molecule has 0 aliphatic heterocycles. The standard InChI is InChI=1S/C16H16N2OS2/c1-10-8-11(2)18-15-13(10)14(17)16(20-15)21(19)9-12-6-4-3-5-7-12/h3-8H,9,17H2,1-2H3/t21-/m1/s1. The van der Waals surface area contributed by atoms with E-state index in [1.54, 1.807) is 0 Å².